The second-order valence-corrected chi connectivity index (χ2v) is 5.63. The van der Waals surface area contributed by atoms with E-state index in [1.54, 1.807) is 42.5 Å². The largest absolute Gasteiger partial charge is 0.292 e. The molecule has 3 aromatic rings. The summed E-state index contributed by atoms with van der Waals surface area (Å²) in [6.07, 6.45) is 1.42. The molecule has 8 heteroatoms. The number of carbonyl (C=O) groups is 1. The highest BCUT2D eigenvalue weighted by atomic mass is 35.5. The molecule has 0 fully saturated rings. The van der Waals surface area contributed by atoms with Crippen LogP contribution in [0, 0.1) is 0 Å². The molecule has 0 atom stereocenters. The first kappa shape index (κ1) is 16.2. The minimum atomic E-state index is -0.543. The zero-order valence-corrected chi connectivity index (χ0v) is 13.6. The molecule has 0 aliphatic rings. The minimum Gasteiger partial charge on any atom is -0.267 e. The van der Waals surface area contributed by atoms with Gasteiger partial charge in [0.1, 0.15) is 0 Å². The Morgan fingerprint density at radius 3 is 2.62 bits per heavy atom. The Labute approximate surface area is 146 Å². The summed E-state index contributed by atoms with van der Waals surface area (Å²) in [6.45, 7) is 0. The van der Waals surface area contributed by atoms with Gasteiger partial charge in [0.25, 0.3) is 11.5 Å². The molecule has 0 spiro atoms. The molecule has 1 aromatic heterocycles. The number of aromatic nitrogens is 2. The van der Waals surface area contributed by atoms with Gasteiger partial charge in [0, 0.05) is 5.39 Å². The molecule has 0 bridgehead atoms. The second-order valence-electron chi connectivity index (χ2n) is 4.82. The lowest BCUT2D eigenvalue weighted by Gasteiger charge is -2.03. The molecular formula is C16H10Cl2N4O2. The van der Waals surface area contributed by atoms with Gasteiger partial charge in [-0.15, -0.1) is 0 Å². The summed E-state index contributed by atoms with van der Waals surface area (Å²) in [7, 11) is 0. The van der Waals surface area contributed by atoms with Crippen LogP contribution in [0.3, 0.4) is 0 Å². The van der Waals surface area contributed by atoms with Crippen LogP contribution in [0.1, 0.15) is 16.1 Å². The van der Waals surface area contributed by atoms with E-state index >= 15 is 0 Å². The predicted octanol–water partition coefficient (Wildman–Crippen LogP) is 2.99. The summed E-state index contributed by atoms with van der Waals surface area (Å²) in [4.78, 5) is 23.9. The van der Waals surface area contributed by atoms with Crippen LogP contribution in [0.25, 0.3) is 10.8 Å². The van der Waals surface area contributed by atoms with Gasteiger partial charge >= 0.3 is 0 Å². The van der Waals surface area contributed by atoms with Crippen LogP contribution in [0.2, 0.25) is 10.0 Å². The number of aromatic amines is 1. The summed E-state index contributed by atoms with van der Waals surface area (Å²) in [6, 6.07) is 11.6. The number of H-pyrrole nitrogens is 1. The summed E-state index contributed by atoms with van der Waals surface area (Å²) in [5.41, 5.74) is 2.75. The third kappa shape index (κ3) is 3.29. The van der Waals surface area contributed by atoms with Gasteiger partial charge in [-0.1, -0.05) is 47.5 Å². The lowest BCUT2D eigenvalue weighted by atomic mass is 10.1. The lowest BCUT2D eigenvalue weighted by Crippen LogP contribution is -2.22. The van der Waals surface area contributed by atoms with Crippen LogP contribution in [0.5, 0.6) is 0 Å². The fourth-order valence-electron chi connectivity index (χ4n) is 2.10. The SMILES string of the molecule is O=C(N/N=C\c1ccc(Cl)c(Cl)c1)c1n[nH]c(=O)c2ccccc12. The first-order valence-electron chi connectivity index (χ1n) is 6.82. The maximum atomic E-state index is 12.2. The highest BCUT2D eigenvalue weighted by Crippen LogP contribution is 2.21. The number of nitrogens with one attached hydrogen (secondary N) is 2. The van der Waals surface area contributed by atoms with Crippen LogP contribution in [0.4, 0.5) is 0 Å². The first-order chi connectivity index (χ1) is 11.6. The van der Waals surface area contributed by atoms with Gasteiger partial charge in [0.15, 0.2) is 5.69 Å². The van der Waals surface area contributed by atoms with Crippen LogP contribution in [-0.4, -0.2) is 22.3 Å². The third-order valence-electron chi connectivity index (χ3n) is 3.23. The Kier molecular flexibility index (Phi) is 4.59. The number of fused-ring (bicyclic) bond motifs is 1. The van der Waals surface area contributed by atoms with Crippen molar-refractivity contribution in [3.63, 3.8) is 0 Å². The molecule has 6 nitrogen and oxygen atoms in total. The molecule has 0 aliphatic carbocycles. The zero-order chi connectivity index (χ0) is 17.1. The molecule has 24 heavy (non-hydrogen) atoms. The van der Waals surface area contributed by atoms with Crippen molar-refractivity contribution in [3.8, 4) is 0 Å². The molecule has 2 N–H and O–H groups in total. The number of hydrazone groups is 1. The number of halogens is 2. The number of nitrogens with zero attached hydrogens (tertiary/aromatic N) is 2. The van der Waals surface area contributed by atoms with Crippen molar-refractivity contribution >= 4 is 46.1 Å². The van der Waals surface area contributed by atoms with Crippen molar-refractivity contribution in [1.82, 2.24) is 15.6 Å². The first-order valence-corrected chi connectivity index (χ1v) is 7.58. The van der Waals surface area contributed by atoms with E-state index in [1.807, 2.05) is 0 Å². The van der Waals surface area contributed by atoms with Crippen molar-refractivity contribution in [2.24, 2.45) is 5.10 Å². The molecule has 0 radical (unpaired) electrons. The molecule has 1 heterocycles. The average Bonchev–Trinajstić information content (AvgIpc) is 2.58. The molecule has 120 valence electrons. The fourth-order valence-corrected chi connectivity index (χ4v) is 2.41. The van der Waals surface area contributed by atoms with Crippen LogP contribution in [-0.2, 0) is 0 Å². The maximum absolute atomic E-state index is 12.2. The van der Waals surface area contributed by atoms with Gasteiger partial charge in [0.2, 0.25) is 0 Å². The zero-order valence-electron chi connectivity index (χ0n) is 12.1. The highest BCUT2D eigenvalue weighted by molar-refractivity contribution is 6.42. The van der Waals surface area contributed by atoms with Crippen LogP contribution < -0.4 is 11.0 Å². The number of hydrogen-bond acceptors (Lipinski definition) is 4. The number of rotatable bonds is 3. The van der Waals surface area contributed by atoms with Gasteiger partial charge in [-0.2, -0.15) is 10.2 Å². The molecule has 0 saturated heterocycles. The fraction of sp³-hybridized carbons (Fsp3) is 0. The molecule has 1 amide bonds. The van der Waals surface area contributed by atoms with Gasteiger partial charge in [-0.3, -0.25) is 9.59 Å². The van der Waals surface area contributed by atoms with Gasteiger partial charge in [0.05, 0.1) is 21.6 Å². The van der Waals surface area contributed by atoms with E-state index in [2.05, 4.69) is 20.7 Å². The number of amides is 1. The lowest BCUT2D eigenvalue weighted by molar-refractivity contribution is 0.0951. The van der Waals surface area contributed by atoms with E-state index in [0.29, 0.717) is 26.4 Å². The molecular weight excluding hydrogens is 351 g/mol. The quantitative estimate of drug-likeness (QED) is 0.555. The monoisotopic (exact) mass is 360 g/mol. The van der Waals surface area contributed by atoms with Crippen molar-refractivity contribution in [1.29, 1.82) is 0 Å². The smallest absolute Gasteiger partial charge is 0.267 e. The molecule has 0 unspecified atom stereocenters. The summed E-state index contributed by atoms with van der Waals surface area (Å²) in [5, 5.41) is 11.6. The third-order valence-corrected chi connectivity index (χ3v) is 3.97. The van der Waals surface area contributed by atoms with Crippen LogP contribution >= 0.6 is 23.2 Å². The molecule has 0 saturated carbocycles. The Hall–Kier alpha value is -2.70. The van der Waals surface area contributed by atoms with E-state index in [9.17, 15) is 9.59 Å². The standard InChI is InChI=1S/C16H10Cl2N4O2/c17-12-6-5-9(7-13(12)18)8-19-21-16(24)14-10-3-1-2-4-11(10)15(23)22-20-14/h1-8H,(H,21,24)(H,22,23)/b19-8-. The molecule has 2 aromatic carbocycles. The van der Waals surface area contributed by atoms with Gasteiger partial charge in [-0.05, 0) is 23.8 Å². The maximum Gasteiger partial charge on any atom is 0.292 e. The number of carbonyl (C=O) groups excluding carboxylic acids is 1. The number of hydrogen-bond donors (Lipinski definition) is 2. The summed E-state index contributed by atoms with van der Waals surface area (Å²) < 4.78 is 0. The Morgan fingerprint density at radius 1 is 1.12 bits per heavy atom. The summed E-state index contributed by atoms with van der Waals surface area (Å²) in [5.74, 6) is -0.543. The van der Waals surface area contributed by atoms with E-state index in [4.69, 9.17) is 23.2 Å². The Balaban J connectivity index is 1.83. The van der Waals surface area contributed by atoms with Crippen molar-refractivity contribution in [2.45, 2.75) is 0 Å². The molecule has 3 rings (SSSR count). The van der Waals surface area contributed by atoms with Crippen molar-refractivity contribution < 1.29 is 4.79 Å². The Morgan fingerprint density at radius 2 is 1.88 bits per heavy atom. The normalized spacial score (nSPS) is 11.1. The second kappa shape index (κ2) is 6.82. The highest BCUT2D eigenvalue weighted by Gasteiger charge is 2.13. The van der Waals surface area contributed by atoms with E-state index < -0.39 is 5.91 Å². The number of benzene rings is 2. The summed E-state index contributed by atoms with van der Waals surface area (Å²) >= 11 is 11.7. The topological polar surface area (TPSA) is 87.2 Å². The van der Waals surface area contributed by atoms with Crippen molar-refractivity contribution in [2.75, 3.05) is 0 Å². The van der Waals surface area contributed by atoms with E-state index in [1.165, 1.54) is 6.21 Å². The minimum absolute atomic E-state index is 0.0801. The van der Waals surface area contributed by atoms with Crippen LogP contribution in [0.15, 0.2) is 52.4 Å². The van der Waals surface area contributed by atoms with Gasteiger partial charge < -0.3 is 0 Å². The average molecular weight is 361 g/mol. The molecule has 0 aliphatic heterocycles. The van der Waals surface area contributed by atoms with Crippen molar-refractivity contribution in [3.05, 3.63) is 74.1 Å². The van der Waals surface area contributed by atoms with Gasteiger partial charge in [-0.25, -0.2) is 10.5 Å². The predicted molar refractivity (Wildman–Crippen MR) is 93.9 cm³/mol. The van der Waals surface area contributed by atoms with E-state index in [-0.39, 0.29) is 11.3 Å². The Bertz CT molecular complexity index is 1010. The van der Waals surface area contributed by atoms with E-state index in [0.717, 1.165) is 0 Å².